The van der Waals surface area contributed by atoms with Gasteiger partial charge in [-0.25, -0.2) is 5.43 Å². The summed E-state index contributed by atoms with van der Waals surface area (Å²) < 4.78 is 14.0. The van der Waals surface area contributed by atoms with E-state index >= 15 is 0 Å². The largest absolute Gasteiger partial charge is 0.508 e. The van der Waals surface area contributed by atoms with Crippen molar-refractivity contribution in [2.75, 3.05) is 54.5 Å². The molecule has 5 heterocycles. The number of carbonyl (C=O) groups excluding carboxylic acids is 5. The quantitative estimate of drug-likeness (QED) is 0.141. The van der Waals surface area contributed by atoms with E-state index in [0.29, 0.717) is 56.5 Å². The number of fused-ring (bicyclic) bond motifs is 6. The lowest BCUT2D eigenvalue weighted by Gasteiger charge is -2.37. The number of likely N-dealkylation sites (tertiary alicyclic amines) is 1. The average Bonchev–Trinajstić information content (AvgIpc) is 3.94. The number of aryl methyl sites for hydroxylation is 1. The van der Waals surface area contributed by atoms with Crippen molar-refractivity contribution in [2.45, 2.75) is 111 Å². The summed E-state index contributed by atoms with van der Waals surface area (Å²) >= 11 is 0. The molecule has 0 aliphatic carbocycles. The van der Waals surface area contributed by atoms with Crippen LogP contribution < -0.4 is 10.7 Å². The van der Waals surface area contributed by atoms with Crippen molar-refractivity contribution >= 4 is 40.5 Å². The van der Waals surface area contributed by atoms with Crippen LogP contribution in [-0.4, -0.2) is 143 Å². The summed E-state index contributed by atoms with van der Waals surface area (Å²) in [4.78, 5) is 80.1. The Hall–Kier alpha value is -6.28. The zero-order chi connectivity index (χ0) is 50.6. The van der Waals surface area contributed by atoms with E-state index in [1.165, 1.54) is 9.91 Å². The maximum absolute atomic E-state index is 14.8. The van der Waals surface area contributed by atoms with E-state index in [0.717, 1.165) is 39.0 Å². The Kier molecular flexibility index (Phi) is 16.0. The fourth-order valence-corrected chi connectivity index (χ4v) is 10.0. The molecule has 2 saturated heterocycles. The number of ether oxygens (including phenoxy) is 2. The van der Waals surface area contributed by atoms with E-state index in [1.807, 2.05) is 58.0 Å². The number of methoxy groups -OCH3 is 1. The number of pyridine rings is 1. The number of nitrogens with one attached hydrogen (secondary N) is 2. The first-order chi connectivity index (χ1) is 33.3. The number of aromatic nitrogens is 2. The normalized spacial score (nSPS) is 20.4. The van der Waals surface area contributed by atoms with Crippen LogP contribution in [0.3, 0.4) is 0 Å². The smallest absolute Gasteiger partial charge is 0.324 e. The molecule has 3 aliphatic heterocycles. The average molecular weight is 959 g/mol. The SMILES string of the molecule is CCn1c(-c2cccnc2COC)c2c3cc(ccc31)-c1cc(O)cc(c1)C[C@H](NC(=O)[C@H](C(C)C)N(C)C(=O)[C@H]1CCN(C(=O)C#C[C@H](C)N(C)C)C1)C(=O)N1CCC[C@H](N1)C(=O)OCC(C)(C)C2. The third kappa shape index (κ3) is 11.3. The second-order valence-electron chi connectivity index (χ2n) is 20.4. The molecule has 16 nitrogen and oxygen atoms in total. The van der Waals surface area contributed by atoms with E-state index in [9.17, 15) is 29.1 Å². The van der Waals surface area contributed by atoms with Crippen LogP contribution in [0, 0.1) is 29.1 Å². The fraction of sp³-hybridized carbons (Fsp3) is 0.519. The zero-order valence-corrected chi connectivity index (χ0v) is 42.4. The number of phenols is 1. The standard InChI is InChI=1S/C54H70N8O8/c1-11-61-46-18-17-36-28-41(46)42(49(61)40-14-12-21-55-45(40)31-69-10)29-54(5,6)32-70-53(68)43-15-13-22-62(57-43)52(67)44(26-35-24-38(36)27-39(63)25-35)56-50(65)48(33(2)3)59(9)51(66)37-20-23-60(30-37)47(64)19-16-34(4)58(7)8/h12,14,17-18,21,24-25,27-28,33-34,37,43-44,48,57,63H,11,13,15,20,22-23,26,29-32H2,1-10H3,(H,56,65)/t34-,37-,43-,44-,48-/m0/s1. The van der Waals surface area contributed by atoms with Gasteiger partial charge >= 0.3 is 5.97 Å². The number of rotatable bonds is 10. The van der Waals surface area contributed by atoms with E-state index < -0.39 is 47.2 Å². The molecule has 0 spiro atoms. The number of carbonyl (C=O) groups is 5. The van der Waals surface area contributed by atoms with Crippen LogP contribution in [0.25, 0.3) is 33.3 Å². The monoisotopic (exact) mass is 959 g/mol. The molecule has 3 N–H and O–H groups in total. The topological polar surface area (TPSA) is 179 Å². The van der Waals surface area contributed by atoms with Gasteiger partial charge in [-0.3, -0.25) is 38.9 Å². The van der Waals surface area contributed by atoms with Crippen molar-refractivity contribution in [3.05, 3.63) is 71.5 Å². The third-order valence-electron chi connectivity index (χ3n) is 13.9. The fourth-order valence-electron chi connectivity index (χ4n) is 10.0. The van der Waals surface area contributed by atoms with Gasteiger partial charge in [0.25, 0.3) is 11.8 Å². The van der Waals surface area contributed by atoms with Crippen LogP contribution in [0.2, 0.25) is 0 Å². The minimum Gasteiger partial charge on any atom is -0.508 e. The molecule has 16 heteroatoms. The Morgan fingerprint density at radius 2 is 1.81 bits per heavy atom. The summed E-state index contributed by atoms with van der Waals surface area (Å²) in [6, 6.07) is 12.3. The van der Waals surface area contributed by atoms with Gasteiger partial charge in [-0.15, -0.1) is 0 Å². The molecule has 4 aromatic rings. The Labute approximate surface area is 412 Å². The number of esters is 1. The lowest BCUT2D eigenvalue weighted by molar-refractivity contribution is -0.155. The molecule has 2 fully saturated rings. The van der Waals surface area contributed by atoms with E-state index in [2.05, 4.69) is 66.1 Å². The number of benzene rings is 2. The predicted molar refractivity (Wildman–Crippen MR) is 268 cm³/mol. The van der Waals surface area contributed by atoms with Crippen LogP contribution >= 0.6 is 0 Å². The van der Waals surface area contributed by atoms with Crippen LogP contribution in [0.1, 0.15) is 77.6 Å². The Bertz CT molecular complexity index is 2680. The molecule has 2 aromatic carbocycles. The molecule has 374 valence electrons. The van der Waals surface area contributed by atoms with Crippen molar-refractivity contribution in [1.29, 1.82) is 0 Å². The van der Waals surface area contributed by atoms with Gasteiger partial charge in [0.15, 0.2) is 0 Å². The maximum Gasteiger partial charge on any atom is 0.324 e. The minimum absolute atomic E-state index is 0.0150. The number of hydrogen-bond donors (Lipinski definition) is 3. The number of aromatic hydroxyl groups is 1. The van der Waals surface area contributed by atoms with Crippen molar-refractivity contribution in [3.8, 4) is 40.0 Å². The van der Waals surface area contributed by atoms with Crippen molar-refractivity contribution < 1.29 is 38.6 Å². The van der Waals surface area contributed by atoms with Crippen LogP contribution in [0.4, 0.5) is 0 Å². The summed E-state index contributed by atoms with van der Waals surface area (Å²) in [6.07, 6.45) is 3.65. The summed E-state index contributed by atoms with van der Waals surface area (Å²) in [5, 5.41) is 16.8. The number of amides is 4. The Morgan fingerprint density at radius 3 is 2.53 bits per heavy atom. The number of nitrogens with zero attached hydrogens (tertiary/aromatic N) is 6. The van der Waals surface area contributed by atoms with Crippen LogP contribution in [0.5, 0.6) is 5.75 Å². The third-order valence-corrected chi connectivity index (χ3v) is 13.9. The molecular formula is C54H70N8O8. The van der Waals surface area contributed by atoms with Gasteiger partial charge in [-0.2, -0.15) is 0 Å². The Balaban J connectivity index is 1.25. The lowest BCUT2D eigenvalue weighted by Crippen LogP contribution is -2.62. The summed E-state index contributed by atoms with van der Waals surface area (Å²) in [5.41, 5.74) is 9.52. The minimum atomic E-state index is -1.18. The van der Waals surface area contributed by atoms with E-state index in [1.54, 1.807) is 37.4 Å². The second kappa shape index (κ2) is 21.8. The number of hydrogen-bond acceptors (Lipinski definition) is 11. The molecule has 5 atom stereocenters. The van der Waals surface area contributed by atoms with E-state index in [4.69, 9.17) is 14.5 Å². The van der Waals surface area contributed by atoms with E-state index in [-0.39, 0.29) is 55.6 Å². The number of likely N-dealkylation sites (N-methyl/N-ethyl adjacent to an activating group) is 1. The lowest BCUT2D eigenvalue weighted by atomic mass is 9.84. The van der Waals surface area contributed by atoms with Crippen LogP contribution in [0.15, 0.2) is 54.7 Å². The highest BCUT2D eigenvalue weighted by molar-refractivity contribution is 5.97. The van der Waals surface area contributed by atoms with Gasteiger partial charge in [-0.05, 0) is 124 Å². The number of phenolic OH excluding ortho intramolecular Hbond substituents is 1. The molecule has 0 unspecified atom stereocenters. The van der Waals surface area contributed by atoms with Crippen molar-refractivity contribution in [1.82, 2.24) is 40.0 Å². The van der Waals surface area contributed by atoms with Gasteiger partial charge in [-0.1, -0.05) is 45.7 Å². The first-order valence-electron chi connectivity index (χ1n) is 24.5. The van der Waals surface area contributed by atoms with Gasteiger partial charge in [0.2, 0.25) is 11.8 Å². The summed E-state index contributed by atoms with van der Waals surface area (Å²) in [5.74, 6) is 2.62. The van der Waals surface area contributed by atoms with Crippen LogP contribution in [-0.2, 0) is 59.4 Å². The summed E-state index contributed by atoms with van der Waals surface area (Å²) in [7, 11) is 7.00. The van der Waals surface area contributed by atoms with Crippen molar-refractivity contribution in [2.24, 2.45) is 17.3 Å². The Morgan fingerprint density at radius 1 is 1.04 bits per heavy atom. The summed E-state index contributed by atoms with van der Waals surface area (Å²) in [6.45, 7) is 13.7. The highest BCUT2D eigenvalue weighted by atomic mass is 16.5. The number of cyclic esters (lactones) is 1. The highest BCUT2D eigenvalue weighted by Crippen LogP contribution is 2.41. The molecule has 7 rings (SSSR count). The molecule has 4 amide bonds. The molecular weight excluding hydrogens is 889 g/mol. The van der Waals surface area contributed by atoms with Gasteiger partial charge in [0.05, 0.1) is 36.6 Å². The van der Waals surface area contributed by atoms with Crippen molar-refractivity contribution in [3.63, 3.8) is 0 Å². The second-order valence-corrected chi connectivity index (χ2v) is 20.4. The predicted octanol–water partition coefficient (Wildman–Crippen LogP) is 5.18. The molecule has 0 radical (unpaired) electrons. The van der Waals surface area contributed by atoms with Gasteiger partial charge in [0, 0.05) is 74.8 Å². The first kappa shape index (κ1) is 51.6. The molecule has 6 bridgehead atoms. The molecule has 3 aliphatic rings. The van der Waals surface area contributed by atoms with Gasteiger partial charge in [0.1, 0.15) is 23.9 Å². The molecule has 2 aromatic heterocycles. The van der Waals surface area contributed by atoms with Gasteiger partial charge < -0.3 is 34.3 Å². The molecule has 0 saturated carbocycles. The first-order valence-corrected chi connectivity index (χ1v) is 24.5. The highest BCUT2D eigenvalue weighted by Gasteiger charge is 2.40. The zero-order valence-electron chi connectivity index (χ0n) is 42.4. The molecule has 70 heavy (non-hydrogen) atoms. The maximum atomic E-state index is 14.8. The number of hydrazine groups is 1.